The average Bonchev–Trinajstić information content (AvgIpc) is 2.61. The monoisotopic (exact) mass is 352 g/mol. The summed E-state index contributed by atoms with van der Waals surface area (Å²) in [6.07, 6.45) is 0.823. The van der Waals surface area contributed by atoms with Crippen molar-refractivity contribution in [1.29, 1.82) is 0 Å². The Morgan fingerprint density at radius 3 is 2.78 bits per heavy atom. The molecule has 0 atom stereocenters. The van der Waals surface area contributed by atoms with E-state index >= 15 is 0 Å². The Kier molecular flexibility index (Phi) is 4.66. The number of benzene rings is 1. The van der Waals surface area contributed by atoms with E-state index in [0.717, 1.165) is 13.0 Å². The van der Waals surface area contributed by atoms with Gasteiger partial charge >= 0.3 is 0 Å². The zero-order valence-corrected chi connectivity index (χ0v) is 12.9. The van der Waals surface area contributed by atoms with Crippen molar-refractivity contribution in [2.75, 3.05) is 26.2 Å². The lowest BCUT2D eigenvalue weighted by Crippen LogP contribution is -2.34. The van der Waals surface area contributed by atoms with Gasteiger partial charge in [0.05, 0.1) is 9.92 Å². The van der Waals surface area contributed by atoms with E-state index in [-0.39, 0.29) is 4.90 Å². The molecule has 0 saturated carbocycles. The molecule has 100 valence electrons. The first kappa shape index (κ1) is 14.3. The van der Waals surface area contributed by atoms with Crippen molar-refractivity contribution < 1.29 is 8.42 Å². The lowest BCUT2D eigenvalue weighted by molar-refractivity contribution is 0.432. The summed E-state index contributed by atoms with van der Waals surface area (Å²) in [5.74, 6) is 0. The third-order valence-corrected chi connectivity index (χ3v) is 5.96. The number of nitrogens with zero attached hydrogens (tertiary/aromatic N) is 1. The molecule has 1 aromatic rings. The normalized spacial score (nSPS) is 18.6. The van der Waals surface area contributed by atoms with Gasteiger partial charge in [-0.3, -0.25) is 0 Å². The van der Waals surface area contributed by atoms with Gasteiger partial charge in [-0.05, 0) is 47.1 Å². The van der Waals surface area contributed by atoms with E-state index in [1.807, 2.05) is 0 Å². The molecule has 0 amide bonds. The van der Waals surface area contributed by atoms with E-state index in [0.29, 0.717) is 29.1 Å². The number of hydrogen-bond acceptors (Lipinski definition) is 3. The molecule has 1 saturated heterocycles. The van der Waals surface area contributed by atoms with Crippen LogP contribution in [0.15, 0.2) is 27.6 Å². The van der Waals surface area contributed by atoms with Crippen LogP contribution in [0, 0.1) is 0 Å². The van der Waals surface area contributed by atoms with Crippen LogP contribution in [0.2, 0.25) is 5.02 Å². The second kappa shape index (κ2) is 5.88. The van der Waals surface area contributed by atoms with E-state index in [1.165, 1.54) is 10.4 Å². The van der Waals surface area contributed by atoms with Gasteiger partial charge in [0.15, 0.2) is 0 Å². The van der Waals surface area contributed by atoms with Crippen molar-refractivity contribution in [1.82, 2.24) is 9.62 Å². The highest BCUT2D eigenvalue weighted by Crippen LogP contribution is 2.27. The summed E-state index contributed by atoms with van der Waals surface area (Å²) >= 11 is 9.20. The van der Waals surface area contributed by atoms with Crippen molar-refractivity contribution in [3.05, 3.63) is 27.7 Å². The molecule has 0 radical (unpaired) electrons. The summed E-state index contributed by atoms with van der Waals surface area (Å²) < 4.78 is 27.1. The van der Waals surface area contributed by atoms with Crippen LogP contribution in [0.3, 0.4) is 0 Å². The lowest BCUT2D eigenvalue weighted by atomic mass is 10.4. The Balaban J connectivity index is 2.31. The molecule has 2 rings (SSSR count). The van der Waals surface area contributed by atoms with Crippen LogP contribution in [0.25, 0.3) is 0 Å². The minimum absolute atomic E-state index is 0.248. The first-order valence-corrected chi connectivity index (χ1v) is 8.29. The summed E-state index contributed by atoms with van der Waals surface area (Å²) in [6, 6.07) is 4.72. The summed E-state index contributed by atoms with van der Waals surface area (Å²) in [7, 11) is -3.44. The predicted molar refractivity (Wildman–Crippen MR) is 75.4 cm³/mol. The van der Waals surface area contributed by atoms with Crippen molar-refractivity contribution in [2.45, 2.75) is 11.3 Å². The SMILES string of the molecule is O=S(=O)(c1ccc(Br)c(Cl)c1)N1CCCNCC1. The first-order chi connectivity index (χ1) is 8.51. The maximum Gasteiger partial charge on any atom is 0.243 e. The van der Waals surface area contributed by atoms with Gasteiger partial charge in [0, 0.05) is 24.1 Å². The van der Waals surface area contributed by atoms with Crippen LogP contribution in [0.5, 0.6) is 0 Å². The van der Waals surface area contributed by atoms with Crippen molar-refractivity contribution in [3.63, 3.8) is 0 Å². The van der Waals surface area contributed by atoms with Gasteiger partial charge in [-0.25, -0.2) is 8.42 Å². The fourth-order valence-electron chi connectivity index (χ4n) is 1.85. The van der Waals surface area contributed by atoms with Crippen molar-refractivity contribution in [3.8, 4) is 0 Å². The molecule has 1 N–H and O–H groups in total. The van der Waals surface area contributed by atoms with Crippen LogP contribution in [0.1, 0.15) is 6.42 Å². The molecule has 1 aliphatic rings. The lowest BCUT2D eigenvalue weighted by Gasteiger charge is -2.19. The molecule has 0 unspecified atom stereocenters. The van der Waals surface area contributed by atoms with Gasteiger partial charge in [0.2, 0.25) is 10.0 Å². The highest BCUT2D eigenvalue weighted by molar-refractivity contribution is 9.10. The number of rotatable bonds is 2. The molecule has 1 fully saturated rings. The molecule has 0 spiro atoms. The fraction of sp³-hybridized carbons (Fsp3) is 0.455. The molecule has 7 heteroatoms. The third kappa shape index (κ3) is 3.05. The van der Waals surface area contributed by atoms with Gasteiger partial charge in [-0.15, -0.1) is 0 Å². The van der Waals surface area contributed by atoms with E-state index in [1.54, 1.807) is 12.1 Å². The Morgan fingerprint density at radius 1 is 1.28 bits per heavy atom. The number of halogens is 2. The van der Waals surface area contributed by atoms with Crippen molar-refractivity contribution >= 4 is 37.6 Å². The van der Waals surface area contributed by atoms with Gasteiger partial charge in [-0.2, -0.15) is 4.31 Å². The fourth-order valence-corrected chi connectivity index (χ4v) is 3.85. The van der Waals surface area contributed by atoms with Crippen LogP contribution in [-0.4, -0.2) is 38.9 Å². The summed E-state index contributed by atoms with van der Waals surface area (Å²) in [5, 5.41) is 3.59. The van der Waals surface area contributed by atoms with E-state index in [4.69, 9.17) is 11.6 Å². The average molecular weight is 354 g/mol. The van der Waals surface area contributed by atoms with E-state index in [9.17, 15) is 8.42 Å². The molecule has 0 aromatic heterocycles. The number of sulfonamides is 1. The highest BCUT2D eigenvalue weighted by atomic mass is 79.9. The number of hydrogen-bond donors (Lipinski definition) is 1. The van der Waals surface area contributed by atoms with Crippen LogP contribution in [-0.2, 0) is 10.0 Å². The van der Waals surface area contributed by atoms with Crippen LogP contribution < -0.4 is 5.32 Å². The van der Waals surface area contributed by atoms with Gasteiger partial charge in [0.25, 0.3) is 0 Å². The van der Waals surface area contributed by atoms with Crippen LogP contribution in [0.4, 0.5) is 0 Å². The predicted octanol–water partition coefficient (Wildman–Crippen LogP) is 2.09. The highest BCUT2D eigenvalue weighted by Gasteiger charge is 2.25. The standard InChI is InChI=1S/C11H14BrClN2O2S/c12-10-3-2-9(8-11(10)13)18(16,17)15-6-1-4-14-5-7-15/h2-3,8,14H,1,4-7H2. The molecule has 1 heterocycles. The van der Waals surface area contributed by atoms with Crippen molar-refractivity contribution in [2.24, 2.45) is 0 Å². The Bertz CT molecular complexity index is 528. The molecule has 1 aromatic carbocycles. The smallest absolute Gasteiger partial charge is 0.243 e. The quantitative estimate of drug-likeness (QED) is 0.885. The molecule has 0 bridgehead atoms. The number of nitrogens with one attached hydrogen (secondary N) is 1. The molecular formula is C11H14BrClN2O2S. The Morgan fingerprint density at radius 2 is 2.06 bits per heavy atom. The van der Waals surface area contributed by atoms with Gasteiger partial charge in [-0.1, -0.05) is 11.6 Å². The zero-order valence-electron chi connectivity index (χ0n) is 9.70. The largest absolute Gasteiger partial charge is 0.315 e. The second-order valence-corrected chi connectivity index (χ2v) is 7.28. The maximum atomic E-state index is 12.4. The Hall–Kier alpha value is -0.140. The van der Waals surface area contributed by atoms with E-state index < -0.39 is 10.0 Å². The first-order valence-electron chi connectivity index (χ1n) is 5.68. The van der Waals surface area contributed by atoms with Gasteiger partial charge in [0.1, 0.15) is 0 Å². The van der Waals surface area contributed by atoms with E-state index in [2.05, 4.69) is 21.2 Å². The summed E-state index contributed by atoms with van der Waals surface area (Å²) in [6.45, 7) is 2.58. The zero-order chi connectivity index (χ0) is 13.2. The second-order valence-electron chi connectivity index (χ2n) is 4.08. The minimum atomic E-state index is -3.44. The summed E-state index contributed by atoms with van der Waals surface area (Å²) in [5.41, 5.74) is 0. The third-order valence-electron chi connectivity index (χ3n) is 2.83. The van der Waals surface area contributed by atoms with Gasteiger partial charge < -0.3 is 5.32 Å². The Labute approximate surface area is 120 Å². The summed E-state index contributed by atoms with van der Waals surface area (Å²) in [4.78, 5) is 0.248. The molecule has 4 nitrogen and oxygen atoms in total. The molecule has 0 aliphatic carbocycles. The molecular weight excluding hydrogens is 340 g/mol. The minimum Gasteiger partial charge on any atom is -0.315 e. The maximum absolute atomic E-state index is 12.4. The van der Waals surface area contributed by atoms with Crippen LogP contribution >= 0.6 is 27.5 Å². The topological polar surface area (TPSA) is 49.4 Å². The molecule has 18 heavy (non-hydrogen) atoms. The molecule has 1 aliphatic heterocycles.